The first-order valence-electron chi connectivity index (χ1n) is 9.78. The van der Waals surface area contributed by atoms with Crippen molar-refractivity contribution in [3.8, 4) is 11.8 Å². The van der Waals surface area contributed by atoms with Crippen molar-refractivity contribution in [3.63, 3.8) is 0 Å². The van der Waals surface area contributed by atoms with Crippen molar-refractivity contribution in [1.29, 1.82) is 0 Å². The van der Waals surface area contributed by atoms with Gasteiger partial charge >= 0.3 is 0 Å². The molecule has 2 fully saturated rings. The molecule has 0 radical (unpaired) electrons. The molecule has 0 unspecified atom stereocenters. The van der Waals surface area contributed by atoms with E-state index < -0.39 is 0 Å². The Hall–Kier alpha value is -2.67. The van der Waals surface area contributed by atoms with Crippen LogP contribution in [0.1, 0.15) is 35.3 Å². The second kappa shape index (κ2) is 8.56. The number of amides is 1. The molecule has 148 valence electrons. The number of carbonyl (C=O) groups excluding carboxylic acids is 1. The smallest absolute Gasteiger partial charge is 0.259 e. The van der Waals surface area contributed by atoms with Gasteiger partial charge in [-0.25, -0.2) is 9.97 Å². The van der Waals surface area contributed by atoms with Crippen molar-refractivity contribution >= 4 is 5.91 Å². The van der Waals surface area contributed by atoms with E-state index in [0.717, 1.165) is 25.0 Å². The van der Waals surface area contributed by atoms with E-state index in [4.69, 9.17) is 14.2 Å². The lowest BCUT2D eigenvalue weighted by atomic mass is 10.1. The van der Waals surface area contributed by atoms with E-state index in [0.29, 0.717) is 43.6 Å². The van der Waals surface area contributed by atoms with E-state index in [9.17, 15) is 4.79 Å². The molecular formula is C21H25N3O4. The van der Waals surface area contributed by atoms with E-state index in [1.807, 2.05) is 30.0 Å². The first-order chi connectivity index (χ1) is 13.7. The monoisotopic (exact) mass is 383 g/mol. The van der Waals surface area contributed by atoms with Gasteiger partial charge in [0.2, 0.25) is 11.8 Å². The van der Waals surface area contributed by atoms with Gasteiger partial charge in [0.1, 0.15) is 17.8 Å². The number of ether oxygens (including phenoxy) is 3. The summed E-state index contributed by atoms with van der Waals surface area (Å²) < 4.78 is 17.2. The van der Waals surface area contributed by atoms with Crippen LogP contribution in [0.4, 0.5) is 0 Å². The second-order valence-corrected chi connectivity index (χ2v) is 7.19. The molecule has 2 aromatic heterocycles. The summed E-state index contributed by atoms with van der Waals surface area (Å²) in [5.74, 6) is 0.992. The van der Waals surface area contributed by atoms with Gasteiger partial charge in [-0.3, -0.25) is 4.79 Å². The van der Waals surface area contributed by atoms with Crippen molar-refractivity contribution < 1.29 is 19.0 Å². The normalized spacial score (nSPS) is 20.2. The molecule has 28 heavy (non-hydrogen) atoms. The number of rotatable bonds is 5. The van der Waals surface area contributed by atoms with Crippen molar-refractivity contribution in [1.82, 2.24) is 14.9 Å². The Morgan fingerprint density at radius 2 is 1.96 bits per heavy atom. The minimum absolute atomic E-state index is 0.0394. The van der Waals surface area contributed by atoms with E-state index in [-0.39, 0.29) is 18.1 Å². The Labute approximate surface area is 164 Å². The zero-order valence-electron chi connectivity index (χ0n) is 16.0. The van der Waals surface area contributed by atoms with Crippen LogP contribution in [-0.2, 0) is 4.74 Å². The van der Waals surface area contributed by atoms with E-state index in [1.54, 1.807) is 18.3 Å². The number of carbonyl (C=O) groups is 1. The van der Waals surface area contributed by atoms with E-state index in [2.05, 4.69) is 9.97 Å². The molecule has 2 saturated heterocycles. The van der Waals surface area contributed by atoms with Crippen LogP contribution in [-0.4, -0.2) is 59.3 Å². The van der Waals surface area contributed by atoms with Gasteiger partial charge in [-0.2, -0.15) is 0 Å². The van der Waals surface area contributed by atoms with Gasteiger partial charge in [0.05, 0.1) is 13.2 Å². The number of aromatic nitrogens is 2. The summed E-state index contributed by atoms with van der Waals surface area (Å²) in [4.78, 5) is 23.5. The van der Waals surface area contributed by atoms with Crippen LogP contribution < -0.4 is 9.47 Å². The molecule has 4 rings (SSSR count). The molecule has 0 N–H and O–H groups in total. The molecule has 0 aliphatic carbocycles. The first kappa shape index (κ1) is 18.7. The van der Waals surface area contributed by atoms with Crippen LogP contribution in [0, 0.1) is 6.92 Å². The molecule has 2 aliphatic heterocycles. The fourth-order valence-corrected chi connectivity index (χ4v) is 3.51. The highest BCUT2D eigenvalue weighted by atomic mass is 16.5. The van der Waals surface area contributed by atoms with Crippen molar-refractivity contribution in [2.45, 2.75) is 38.4 Å². The third-order valence-corrected chi connectivity index (χ3v) is 5.05. The highest BCUT2D eigenvalue weighted by Crippen LogP contribution is 2.24. The van der Waals surface area contributed by atoms with Crippen LogP contribution in [0.25, 0.3) is 0 Å². The molecule has 0 bridgehead atoms. The molecule has 0 spiro atoms. The summed E-state index contributed by atoms with van der Waals surface area (Å²) in [6.07, 6.45) is 4.04. The number of piperidine rings is 1. The van der Waals surface area contributed by atoms with Gasteiger partial charge in [0, 0.05) is 50.3 Å². The number of aryl methyl sites for hydroxylation is 1. The molecule has 4 heterocycles. The first-order valence-corrected chi connectivity index (χ1v) is 9.78. The van der Waals surface area contributed by atoms with Crippen LogP contribution in [0.5, 0.6) is 11.8 Å². The Morgan fingerprint density at radius 1 is 1.11 bits per heavy atom. The van der Waals surface area contributed by atoms with Gasteiger partial charge in [-0.1, -0.05) is 6.07 Å². The third kappa shape index (κ3) is 4.42. The molecular weight excluding hydrogens is 358 g/mol. The zero-order chi connectivity index (χ0) is 19.3. The molecule has 0 aromatic carbocycles. The molecule has 2 aromatic rings. The highest BCUT2D eigenvalue weighted by molar-refractivity contribution is 5.96. The maximum absolute atomic E-state index is 13.0. The Kier molecular flexibility index (Phi) is 5.71. The highest BCUT2D eigenvalue weighted by Gasteiger charge is 2.28. The number of pyridine rings is 2. The molecule has 1 amide bonds. The number of hydrogen-bond acceptors (Lipinski definition) is 6. The fourth-order valence-electron chi connectivity index (χ4n) is 3.51. The van der Waals surface area contributed by atoms with Crippen molar-refractivity contribution in [3.05, 3.63) is 47.8 Å². The van der Waals surface area contributed by atoms with E-state index >= 15 is 0 Å². The van der Waals surface area contributed by atoms with Crippen LogP contribution in [0.15, 0.2) is 36.5 Å². The lowest BCUT2D eigenvalue weighted by Gasteiger charge is -2.32. The summed E-state index contributed by atoms with van der Waals surface area (Å²) in [6, 6.07) is 9.30. The molecule has 7 heteroatoms. The van der Waals surface area contributed by atoms with Gasteiger partial charge in [-0.05, 0) is 25.1 Å². The topological polar surface area (TPSA) is 73.8 Å². The van der Waals surface area contributed by atoms with Crippen LogP contribution >= 0.6 is 0 Å². The largest absolute Gasteiger partial charge is 0.474 e. The predicted octanol–water partition coefficient (Wildman–Crippen LogP) is 2.64. The SMILES string of the molecule is Cc1cccc(OC2CCN(C(=O)c3cccnc3O[C@H]3CCOC3)CC2)n1. The van der Waals surface area contributed by atoms with Crippen LogP contribution in [0.2, 0.25) is 0 Å². The molecule has 1 atom stereocenters. The lowest BCUT2D eigenvalue weighted by molar-refractivity contribution is 0.0579. The molecule has 2 aliphatic rings. The van der Waals surface area contributed by atoms with Gasteiger partial charge in [-0.15, -0.1) is 0 Å². The third-order valence-electron chi connectivity index (χ3n) is 5.05. The quantitative estimate of drug-likeness (QED) is 0.790. The lowest BCUT2D eigenvalue weighted by Crippen LogP contribution is -2.42. The Balaban J connectivity index is 1.36. The standard InChI is InChI=1S/C21H25N3O4/c1-15-4-2-6-19(23-15)27-16-7-11-24(12-8-16)21(25)18-5-3-10-22-20(18)28-17-9-13-26-14-17/h2-6,10,16-17H,7-9,11-14H2,1H3/t17-/m0/s1. The maximum atomic E-state index is 13.0. The van der Waals surface area contributed by atoms with Crippen LogP contribution in [0.3, 0.4) is 0 Å². The number of likely N-dealkylation sites (tertiary alicyclic amines) is 1. The second-order valence-electron chi connectivity index (χ2n) is 7.19. The molecule has 0 saturated carbocycles. The fraction of sp³-hybridized carbons (Fsp3) is 0.476. The predicted molar refractivity (Wildman–Crippen MR) is 103 cm³/mol. The number of nitrogens with zero attached hydrogens (tertiary/aromatic N) is 3. The van der Waals surface area contributed by atoms with Gasteiger partial charge < -0.3 is 19.1 Å². The maximum Gasteiger partial charge on any atom is 0.259 e. The van der Waals surface area contributed by atoms with Crippen molar-refractivity contribution in [2.75, 3.05) is 26.3 Å². The Morgan fingerprint density at radius 3 is 2.71 bits per heavy atom. The summed E-state index contributed by atoms with van der Waals surface area (Å²) in [7, 11) is 0. The van der Waals surface area contributed by atoms with E-state index in [1.165, 1.54) is 0 Å². The summed E-state index contributed by atoms with van der Waals surface area (Å²) in [5.41, 5.74) is 1.44. The number of hydrogen-bond donors (Lipinski definition) is 0. The van der Waals surface area contributed by atoms with Crippen molar-refractivity contribution in [2.24, 2.45) is 0 Å². The molecule has 7 nitrogen and oxygen atoms in total. The minimum Gasteiger partial charge on any atom is -0.474 e. The minimum atomic E-state index is -0.0471. The summed E-state index contributed by atoms with van der Waals surface area (Å²) in [5, 5.41) is 0. The summed E-state index contributed by atoms with van der Waals surface area (Å²) >= 11 is 0. The zero-order valence-corrected chi connectivity index (χ0v) is 16.0. The average molecular weight is 383 g/mol. The Bertz CT molecular complexity index is 815. The van der Waals surface area contributed by atoms with Gasteiger partial charge in [0.15, 0.2) is 0 Å². The van der Waals surface area contributed by atoms with Gasteiger partial charge in [0.25, 0.3) is 5.91 Å². The summed E-state index contributed by atoms with van der Waals surface area (Å²) in [6.45, 7) is 4.44. The average Bonchev–Trinajstić information content (AvgIpc) is 3.22.